The van der Waals surface area contributed by atoms with Gasteiger partial charge in [-0.2, -0.15) is 0 Å². The zero-order chi connectivity index (χ0) is 20.1. The molecule has 0 spiro atoms. The number of nitrogens with zero attached hydrogens (tertiary/aromatic N) is 3. The van der Waals surface area contributed by atoms with Crippen molar-refractivity contribution < 1.29 is 14.3 Å². The van der Waals surface area contributed by atoms with E-state index in [0.717, 1.165) is 48.2 Å². The lowest BCUT2D eigenvalue weighted by atomic mass is 9.97. The number of benzene rings is 1. The van der Waals surface area contributed by atoms with E-state index in [2.05, 4.69) is 17.1 Å². The number of aryl methyl sites for hydroxylation is 1. The first-order valence-corrected chi connectivity index (χ1v) is 9.92. The smallest absolute Gasteiger partial charge is 0.226 e. The second-order valence-corrected chi connectivity index (χ2v) is 7.35. The van der Waals surface area contributed by atoms with Gasteiger partial charge >= 0.3 is 0 Å². The molecular formula is C21H30N4O3. The van der Waals surface area contributed by atoms with E-state index in [-0.39, 0.29) is 17.9 Å². The van der Waals surface area contributed by atoms with Crippen molar-refractivity contribution in [2.24, 2.45) is 5.92 Å². The Labute approximate surface area is 166 Å². The molecule has 7 heteroatoms. The van der Waals surface area contributed by atoms with Crippen LogP contribution in [0.5, 0.6) is 5.75 Å². The lowest BCUT2D eigenvalue weighted by Gasteiger charge is -2.33. The van der Waals surface area contributed by atoms with Crippen LogP contribution in [-0.4, -0.2) is 55.8 Å². The number of rotatable bonds is 7. The fourth-order valence-electron chi connectivity index (χ4n) is 3.68. The second-order valence-electron chi connectivity index (χ2n) is 7.35. The van der Waals surface area contributed by atoms with Gasteiger partial charge in [-0.15, -0.1) is 0 Å². The lowest BCUT2D eigenvalue weighted by Crippen LogP contribution is -2.47. The number of carbonyl (C=O) groups excluding carboxylic acids is 1. The number of aromatic nitrogens is 2. The fraction of sp³-hybridized carbons (Fsp3) is 0.571. The predicted octanol–water partition coefficient (Wildman–Crippen LogP) is 2.70. The van der Waals surface area contributed by atoms with Gasteiger partial charge in [0.05, 0.1) is 36.9 Å². The van der Waals surface area contributed by atoms with E-state index in [0.29, 0.717) is 19.1 Å². The average molecular weight is 386 g/mol. The first-order chi connectivity index (χ1) is 13.5. The number of anilines is 1. The summed E-state index contributed by atoms with van der Waals surface area (Å²) in [5.41, 5.74) is 1.79. The number of fused-ring (bicyclic) bond motifs is 1. The largest absolute Gasteiger partial charge is 0.497 e. The van der Waals surface area contributed by atoms with Crippen molar-refractivity contribution in [2.75, 3.05) is 38.8 Å². The van der Waals surface area contributed by atoms with Crippen molar-refractivity contribution in [1.82, 2.24) is 15.3 Å². The van der Waals surface area contributed by atoms with Crippen LogP contribution >= 0.6 is 0 Å². The molecule has 152 valence electrons. The van der Waals surface area contributed by atoms with Crippen LogP contribution in [-0.2, 0) is 9.53 Å². The molecule has 1 aliphatic rings. The van der Waals surface area contributed by atoms with E-state index >= 15 is 0 Å². The minimum atomic E-state index is -0.0652. The van der Waals surface area contributed by atoms with Crippen molar-refractivity contribution in [3.8, 4) is 5.75 Å². The third-order valence-electron chi connectivity index (χ3n) is 5.36. The van der Waals surface area contributed by atoms with Crippen LogP contribution in [0.3, 0.4) is 0 Å². The van der Waals surface area contributed by atoms with Crippen LogP contribution in [0.25, 0.3) is 10.9 Å². The highest BCUT2D eigenvalue weighted by Crippen LogP contribution is 2.26. The molecule has 0 saturated carbocycles. The van der Waals surface area contributed by atoms with E-state index in [1.807, 2.05) is 25.1 Å². The normalized spacial score (nSPS) is 18.1. The van der Waals surface area contributed by atoms with Crippen LogP contribution in [0.4, 0.5) is 5.95 Å². The lowest BCUT2D eigenvalue weighted by molar-refractivity contribution is -0.126. The maximum Gasteiger partial charge on any atom is 0.226 e. The van der Waals surface area contributed by atoms with Gasteiger partial charge in [0.1, 0.15) is 5.75 Å². The highest BCUT2D eigenvalue weighted by Gasteiger charge is 2.28. The number of ether oxygens (including phenoxy) is 2. The Kier molecular flexibility index (Phi) is 6.67. The molecule has 1 amide bonds. The fourth-order valence-corrected chi connectivity index (χ4v) is 3.68. The van der Waals surface area contributed by atoms with Crippen LogP contribution < -0.4 is 15.0 Å². The van der Waals surface area contributed by atoms with Crippen molar-refractivity contribution in [3.63, 3.8) is 0 Å². The number of hydrogen-bond donors (Lipinski definition) is 1. The van der Waals surface area contributed by atoms with Gasteiger partial charge in [0.15, 0.2) is 0 Å². The highest BCUT2D eigenvalue weighted by molar-refractivity contribution is 5.83. The molecule has 0 aliphatic carbocycles. The van der Waals surface area contributed by atoms with Crippen molar-refractivity contribution >= 4 is 22.8 Å². The van der Waals surface area contributed by atoms with Gasteiger partial charge in [0, 0.05) is 31.7 Å². The second kappa shape index (κ2) is 9.19. The van der Waals surface area contributed by atoms with Crippen LogP contribution in [0.2, 0.25) is 0 Å². The Balaban J connectivity index is 1.77. The quantitative estimate of drug-likeness (QED) is 0.788. The minimum absolute atomic E-state index is 0.0551. The Morgan fingerprint density at radius 3 is 2.89 bits per heavy atom. The summed E-state index contributed by atoms with van der Waals surface area (Å²) in [7, 11) is 3.31. The predicted molar refractivity (Wildman–Crippen MR) is 110 cm³/mol. The topological polar surface area (TPSA) is 76.6 Å². The third-order valence-corrected chi connectivity index (χ3v) is 5.36. The summed E-state index contributed by atoms with van der Waals surface area (Å²) in [5.74, 6) is 1.48. The summed E-state index contributed by atoms with van der Waals surface area (Å²) in [6.07, 6.45) is 2.68. The SMILES string of the molecule is CC[C@@H](COC)NC(=O)[C@H]1CCCN(c2nc(C)c3ccc(OC)cc3n2)C1. The Hall–Kier alpha value is -2.41. The number of amides is 1. The Morgan fingerprint density at radius 2 is 2.18 bits per heavy atom. The zero-order valence-electron chi connectivity index (χ0n) is 17.2. The van der Waals surface area contributed by atoms with Gasteiger partial charge in [-0.3, -0.25) is 4.79 Å². The van der Waals surface area contributed by atoms with E-state index in [9.17, 15) is 4.79 Å². The first kappa shape index (κ1) is 20.3. The van der Waals surface area contributed by atoms with Crippen molar-refractivity contribution in [2.45, 2.75) is 39.2 Å². The summed E-state index contributed by atoms with van der Waals surface area (Å²) >= 11 is 0. The van der Waals surface area contributed by atoms with Crippen molar-refractivity contribution in [3.05, 3.63) is 23.9 Å². The molecule has 28 heavy (non-hydrogen) atoms. The molecular weight excluding hydrogens is 356 g/mol. The number of carbonyl (C=O) groups is 1. The minimum Gasteiger partial charge on any atom is -0.497 e. The van der Waals surface area contributed by atoms with Gasteiger partial charge in [-0.1, -0.05) is 6.92 Å². The molecule has 3 rings (SSSR count). The average Bonchev–Trinajstić information content (AvgIpc) is 2.72. The Morgan fingerprint density at radius 1 is 1.36 bits per heavy atom. The molecule has 0 unspecified atom stereocenters. The van der Waals surface area contributed by atoms with E-state index in [1.54, 1.807) is 14.2 Å². The van der Waals surface area contributed by atoms with Crippen LogP contribution in [0, 0.1) is 12.8 Å². The maximum atomic E-state index is 12.7. The summed E-state index contributed by atoms with van der Waals surface area (Å²) in [4.78, 5) is 24.3. The monoisotopic (exact) mass is 386 g/mol. The highest BCUT2D eigenvalue weighted by atomic mass is 16.5. The van der Waals surface area contributed by atoms with Gasteiger partial charge in [-0.25, -0.2) is 9.97 Å². The number of methoxy groups -OCH3 is 2. The molecule has 2 atom stereocenters. The van der Waals surface area contributed by atoms with Gasteiger partial charge < -0.3 is 19.7 Å². The van der Waals surface area contributed by atoms with E-state index < -0.39 is 0 Å². The summed E-state index contributed by atoms with van der Waals surface area (Å²) in [5, 5.41) is 4.13. The van der Waals surface area contributed by atoms with Crippen LogP contribution in [0.15, 0.2) is 18.2 Å². The third kappa shape index (κ3) is 4.52. The number of hydrogen-bond acceptors (Lipinski definition) is 6. The molecule has 1 saturated heterocycles. The molecule has 1 N–H and O–H groups in total. The molecule has 2 aromatic rings. The van der Waals surface area contributed by atoms with E-state index in [4.69, 9.17) is 19.4 Å². The van der Waals surface area contributed by atoms with E-state index in [1.165, 1.54) is 0 Å². The molecule has 7 nitrogen and oxygen atoms in total. The molecule has 2 heterocycles. The molecule has 1 aliphatic heterocycles. The zero-order valence-corrected chi connectivity index (χ0v) is 17.2. The molecule has 1 fully saturated rings. The molecule has 1 aromatic carbocycles. The summed E-state index contributed by atoms with van der Waals surface area (Å²) in [6, 6.07) is 5.89. The first-order valence-electron chi connectivity index (χ1n) is 9.92. The molecule has 0 bridgehead atoms. The maximum absolute atomic E-state index is 12.7. The van der Waals surface area contributed by atoms with Gasteiger partial charge in [0.25, 0.3) is 0 Å². The van der Waals surface area contributed by atoms with Crippen molar-refractivity contribution in [1.29, 1.82) is 0 Å². The summed E-state index contributed by atoms with van der Waals surface area (Å²) < 4.78 is 10.5. The van der Waals surface area contributed by atoms with Gasteiger partial charge in [0.2, 0.25) is 11.9 Å². The van der Waals surface area contributed by atoms with Crippen LogP contribution in [0.1, 0.15) is 31.9 Å². The number of piperidine rings is 1. The standard InChI is InChI=1S/C21H30N4O3/c1-5-16(13-27-3)23-20(26)15-7-6-10-25(12-15)21-22-14(2)18-9-8-17(28-4)11-19(18)24-21/h8-9,11,15-16H,5-7,10,12-13H2,1-4H3,(H,23,26)/t15-,16-/m0/s1. The Bertz CT molecular complexity index is 827. The number of nitrogens with one attached hydrogen (secondary N) is 1. The summed E-state index contributed by atoms with van der Waals surface area (Å²) in [6.45, 7) is 6.06. The van der Waals surface area contributed by atoms with Gasteiger partial charge in [-0.05, 0) is 38.3 Å². The molecule has 1 aromatic heterocycles. The molecule has 0 radical (unpaired) electrons.